The molecule has 0 aromatic carbocycles. The van der Waals surface area contributed by atoms with E-state index in [4.69, 9.17) is 5.11 Å². The molecule has 1 aromatic rings. The van der Waals surface area contributed by atoms with E-state index in [0.717, 1.165) is 0 Å². The van der Waals surface area contributed by atoms with Gasteiger partial charge in [0.15, 0.2) is 0 Å². The van der Waals surface area contributed by atoms with Gasteiger partial charge in [0.2, 0.25) is 0 Å². The molecule has 1 heterocycles. The lowest BCUT2D eigenvalue weighted by atomic mass is 10.1. The van der Waals surface area contributed by atoms with Crippen molar-refractivity contribution in [2.75, 3.05) is 6.61 Å². The second kappa shape index (κ2) is 6.31. The molecule has 7 heteroatoms. The van der Waals surface area contributed by atoms with Crippen LogP contribution < -0.4 is 5.32 Å². The van der Waals surface area contributed by atoms with Gasteiger partial charge in [0.05, 0.1) is 0 Å². The zero-order valence-corrected chi connectivity index (χ0v) is 9.05. The largest absolute Gasteiger partial charge is 0.480 e. The first-order valence-electron chi connectivity index (χ1n) is 4.88. The molecule has 0 radical (unpaired) electrons. The molecule has 0 aliphatic carbocycles. The Morgan fingerprint density at radius 2 is 2.47 bits per heavy atom. The number of aromatic amines is 1. The molecule has 7 nitrogen and oxygen atoms in total. The number of amides is 1. The van der Waals surface area contributed by atoms with E-state index in [9.17, 15) is 9.59 Å². The van der Waals surface area contributed by atoms with Gasteiger partial charge in [0.25, 0.3) is 0 Å². The van der Waals surface area contributed by atoms with Gasteiger partial charge in [-0.3, -0.25) is 5.10 Å². The van der Waals surface area contributed by atoms with Crippen LogP contribution in [0.5, 0.6) is 0 Å². The highest BCUT2D eigenvalue weighted by molar-refractivity contribution is 5.80. The topological polar surface area (TPSA) is 104 Å². The average molecular weight is 239 g/mol. The Labute approximate surface area is 97.5 Å². The van der Waals surface area contributed by atoms with Crippen LogP contribution in [0.4, 0.5) is 4.79 Å². The Hall–Kier alpha value is -2.31. The van der Waals surface area contributed by atoms with Crippen molar-refractivity contribution in [3.8, 4) is 0 Å². The number of rotatable bonds is 6. The third-order valence-electron chi connectivity index (χ3n) is 1.90. The highest BCUT2D eigenvalue weighted by Gasteiger charge is 2.21. The fraction of sp³-hybridized carbons (Fsp3) is 0.300. The molecule has 17 heavy (non-hydrogen) atoms. The Kier molecular flexibility index (Phi) is 4.74. The summed E-state index contributed by atoms with van der Waals surface area (Å²) in [6.07, 6.45) is 2.21. The zero-order valence-electron chi connectivity index (χ0n) is 9.05. The number of carboxylic acids is 1. The summed E-state index contributed by atoms with van der Waals surface area (Å²) in [5.74, 6) is -1.14. The van der Waals surface area contributed by atoms with Crippen LogP contribution in [0.25, 0.3) is 0 Å². The van der Waals surface area contributed by atoms with Crippen LogP contribution in [-0.4, -0.2) is 40.0 Å². The van der Waals surface area contributed by atoms with Crippen LogP contribution in [0.15, 0.2) is 24.9 Å². The minimum absolute atomic E-state index is 0.0300. The van der Waals surface area contributed by atoms with Crippen LogP contribution in [0.1, 0.15) is 5.69 Å². The third-order valence-corrected chi connectivity index (χ3v) is 1.90. The number of nitrogens with one attached hydrogen (secondary N) is 2. The number of carbonyl (C=O) groups excluding carboxylic acids is 1. The SMILES string of the molecule is C=CCOC(=O)N[C@H](Cc1ccn[nH]1)C(=O)O. The maximum Gasteiger partial charge on any atom is 0.408 e. The summed E-state index contributed by atoms with van der Waals surface area (Å²) in [7, 11) is 0. The minimum atomic E-state index is -1.14. The molecule has 0 bridgehead atoms. The van der Waals surface area contributed by atoms with Crippen molar-refractivity contribution in [2.45, 2.75) is 12.5 Å². The van der Waals surface area contributed by atoms with Crippen molar-refractivity contribution >= 4 is 12.1 Å². The van der Waals surface area contributed by atoms with E-state index in [1.807, 2.05) is 0 Å². The first kappa shape index (κ1) is 12.8. The molecule has 1 aromatic heterocycles. The number of hydrogen-bond acceptors (Lipinski definition) is 4. The lowest BCUT2D eigenvalue weighted by Crippen LogP contribution is -2.42. The normalized spacial score (nSPS) is 11.5. The molecule has 1 amide bonds. The van der Waals surface area contributed by atoms with E-state index in [1.54, 1.807) is 6.07 Å². The van der Waals surface area contributed by atoms with Crippen molar-refractivity contribution in [1.29, 1.82) is 0 Å². The fourth-order valence-electron chi connectivity index (χ4n) is 1.14. The van der Waals surface area contributed by atoms with Gasteiger partial charge >= 0.3 is 12.1 Å². The smallest absolute Gasteiger partial charge is 0.408 e. The van der Waals surface area contributed by atoms with Crippen molar-refractivity contribution in [1.82, 2.24) is 15.5 Å². The lowest BCUT2D eigenvalue weighted by molar-refractivity contribution is -0.139. The number of hydrogen-bond donors (Lipinski definition) is 3. The van der Waals surface area contributed by atoms with E-state index in [2.05, 4.69) is 26.8 Å². The predicted molar refractivity (Wildman–Crippen MR) is 58.4 cm³/mol. The minimum Gasteiger partial charge on any atom is -0.480 e. The fourth-order valence-corrected chi connectivity index (χ4v) is 1.14. The van der Waals surface area contributed by atoms with Crippen molar-refractivity contribution < 1.29 is 19.4 Å². The number of nitrogens with zero attached hydrogens (tertiary/aromatic N) is 1. The maximum atomic E-state index is 11.2. The molecule has 92 valence electrons. The Balaban J connectivity index is 2.51. The van der Waals surface area contributed by atoms with Gasteiger partial charge in [-0.1, -0.05) is 12.7 Å². The molecule has 0 saturated carbocycles. The molecule has 0 saturated heterocycles. The van der Waals surface area contributed by atoms with Crippen molar-refractivity contribution in [3.63, 3.8) is 0 Å². The third kappa shape index (κ3) is 4.37. The Morgan fingerprint density at radius 1 is 1.71 bits per heavy atom. The summed E-state index contributed by atoms with van der Waals surface area (Å²) in [6.45, 7) is 3.40. The monoisotopic (exact) mass is 239 g/mol. The summed E-state index contributed by atoms with van der Waals surface area (Å²) in [4.78, 5) is 22.1. The molecule has 3 N–H and O–H groups in total. The standard InChI is InChI=1S/C10H13N3O4/c1-2-5-17-10(16)12-8(9(14)15)6-7-3-4-11-13-7/h2-4,8H,1,5-6H2,(H,11,13)(H,12,16)(H,14,15)/t8-/m1/s1. The number of aliphatic carboxylic acids is 1. The second-order valence-electron chi connectivity index (χ2n) is 3.21. The molecule has 0 aliphatic heterocycles. The van der Waals surface area contributed by atoms with Gasteiger partial charge in [-0.25, -0.2) is 9.59 Å². The zero-order chi connectivity index (χ0) is 12.7. The van der Waals surface area contributed by atoms with E-state index in [0.29, 0.717) is 5.69 Å². The van der Waals surface area contributed by atoms with E-state index in [-0.39, 0.29) is 13.0 Å². The van der Waals surface area contributed by atoms with Gasteiger partial charge in [0, 0.05) is 18.3 Å². The number of ether oxygens (including phenoxy) is 1. The molecule has 0 spiro atoms. The van der Waals surface area contributed by atoms with Gasteiger partial charge < -0.3 is 15.2 Å². The van der Waals surface area contributed by atoms with Gasteiger partial charge in [0.1, 0.15) is 12.6 Å². The molecule has 1 rings (SSSR count). The molecular formula is C10H13N3O4. The first-order chi connectivity index (χ1) is 8.13. The lowest BCUT2D eigenvalue weighted by Gasteiger charge is -2.12. The van der Waals surface area contributed by atoms with Gasteiger partial charge in [-0.05, 0) is 6.07 Å². The van der Waals surface area contributed by atoms with E-state index >= 15 is 0 Å². The summed E-state index contributed by atoms with van der Waals surface area (Å²) < 4.78 is 4.63. The number of carbonyl (C=O) groups is 2. The first-order valence-corrected chi connectivity index (χ1v) is 4.88. The van der Waals surface area contributed by atoms with Crippen molar-refractivity contribution in [3.05, 3.63) is 30.6 Å². The predicted octanol–water partition coefficient (Wildman–Crippen LogP) is 0.318. The molecule has 0 aliphatic rings. The van der Waals surface area contributed by atoms with Crippen LogP contribution in [-0.2, 0) is 16.0 Å². The quantitative estimate of drug-likeness (QED) is 0.620. The molecule has 0 unspecified atom stereocenters. The number of carboxylic acid groups (broad SMARTS) is 1. The van der Waals surface area contributed by atoms with Crippen molar-refractivity contribution in [2.24, 2.45) is 0 Å². The second-order valence-corrected chi connectivity index (χ2v) is 3.21. The van der Waals surface area contributed by atoms with Gasteiger partial charge in [-0.15, -0.1) is 0 Å². The summed E-state index contributed by atoms with van der Waals surface area (Å²) in [5.41, 5.74) is 0.612. The van der Waals surface area contributed by atoms with Crippen LogP contribution in [0.3, 0.4) is 0 Å². The summed E-state index contributed by atoms with van der Waals surface area (Å²) in [6, 6.07) is 0.569. The average Bonchev–Trinajstić information content (AvgIpc) is 2.78. The Bertz CT molecular complexity index is 388. The molecule has 0 fully saturated rings. The van der Waals surface area contributed by atoms with Crippen LogP contribution in [0.2, 0.25) is 0 Å². The van der Waals surface area contributed by atoms with E-state index in [1.165, 1.54) is 12.3 Å². The summed E-state index contributed by atoms with van der Waals surface area (Å²) >= 11 is 0. The number of H-pyrrole nitrogens is 1. The van der Waals surface area contributed by atoms with Crippen LogP contribution >= 0.6 is 0 Å². The summed E-state index contributed by atoms with van der Waals surface area (Å²) in [5, 5.41) is 17.5. The highest BCUT2D eigenvalue weighted by atomic mass is 16.5. The van der Waals surface area contributed by atoms with Gasteiger partial charge in [-0.2, -0.15) is 5.10 Å². The number of alkyl carbamates (subject to hydrolysis) is 1. The molecule has 1 atom stereocenters. The highest BCUT2D eigenvalue weighted by Crippen LogP contribution is 1.99. The van der Waals surface area contributed by atoms with E-state index < -0.39 is 18.1 Å². The maximum absolute atomic E-state index is 11.2. The van der Waals surface area contributed by atoms with Crippen LogP contribution in [0, 0.1) is 0 Å². The Morgan fingerprint density at radius 3 is 3.00 bits per heavy atom. The number of aromatic nitrogens is 2. The molecular weight excluding hydrogens is 226 g/mol.